The van der Waals surface area contributed by atoms with Gasteiger partial charge in [-0.3, -0.25) is 4.99 Å². The van der Waals surface area contributed by atoms with E-state index in [-0.39, 0.29) is 30.0 Å². The molecule has 1 aliphatic carbocycles. The van der Waals surface area contributed by atoms with Gasteiger partial charge in [0.05, 0.1) is 4.90 Å². The lowest BCUT2D eigenvalue weighted by Crippen LogP contribution is -2.36. The van der Waals surface area contributed by atoms with Crippen LogP contribution in [0.25, 0.3) is 0 Å². The third-order valence-electron chi connectivity index (χ3n) is 4.17. The molecule has 1 fully saturated rings. The third-order valence-corrected chi connectivity index (χ3v) is 5.94. The maximum atomic E-state index is 12.2. The molecule has 0 bridgehead atoms. The lowest BCUT2D eigenvalue weighted by molar-refractivity contribution is 0.581. The van der Waals surface area contributed by atoms with Crippen LogP contribution in [0.2, 0.25) is 5.02 Å². The molecule has 28 heavy (non-hydrogen) atoms. The first-order chi connectivity index (χ1) is 13.0. The standard InChI is InChI=1S/C19H23ClN4O2S.HI/c1-21-19(23-13-15-3-2-4-16(20)11-15)22-12-14-5-9-18(10-6-14)27(25,26)24-17-7-8-17;/h2-6,9-11,17,24H,7-8,12-13H2,1H3,(H2,21,22,23);1H. The number of halogens is 2. The smallest absolute Gasteiger partial charge is 0.240 e. The van der Waals surface area contributed by atoms with Crippen molar-refractivity contribution in [3.8, 4) is 0 Å². The number of rotatable bonds is 7. The molecule has 3 N–H and O–H groups in total. The summed E-state index contributed by atoms with van der Waals surface area (Å²) in [5.41, 5.74) is 2.02. The molecule has 0 amide bonds. The summed E-state index contributed by atoms with van der Waals surface area (Å²) in [4.78, 5) is 4.49. The van der Waals surface area contributed by atoms with Crippen molar-refractivity contribution in [2.24, 2.45) is 4.99 Å². The molecular formula is C19H24ClIN4O2S. The molecule has 9 heteroatoms. The summed E-state index contributed by atoms with van der Waals surface area (Å²) in [6, 6.07) is 14.6. The van der Waals surface area contributed by atoms with Gasteiger partial charge in [0.2, 0.25) is 10.0 Å². The van der Waals surface area contributed by atoms with Crippen LogP contribution in [0.4, 0.5) is 0 Å². The van der Waals surface area contributed by atoms with Gasteiger partial charge in [-0.05, 0) is 48.2 Å². The molecule has 0 spiro atoms. The van der Waals surface area contributed by atoms with Gasteiger partial charge in [0, 0.05) is 31.2 Å². The van der Waals surface area contributed by atoms with E-state index in [2.05, 4.69) is 20.3 Å². The first kappa shape index (κ1) is 22.9. The van der Waals surface area contributed by atoms with E-state index in [0.29, 0.717) is 29.0 Å². The molecule has 0 heterocycles. The average molecular weight is 535 g/mol. The highest BCUT2D eigenvalue weighted by Gasteiger charge is 2.27. The van der Waals surface area contributed by atoms with Crippen molar-refractivity contribution < 1.29 is 8.42 Å². The number of aliphatic imine (C=N–C) groups is 1. The summed E-state index contributed by atoms with van der Waals surface area (Å²) >= 11 is 5.99. The Balaban J connectivity index is 0.00000280. The van der Waals surface area contributed by atoms with Gasteiger partial charge in [-0.25, -0.2) is 13.1 Å². The van der Waals surface area contributed by atoms with Crippen molar-refractivity contribution in [1.82, 2.24) is 15.4 Å². The van der Waals surface area contributed by atoms with Crippen LogP contribution >= 0.6 is 35.6 Å². The molecule has 2 aromatic rings. The van der Waals surface area contributed by atoms with Gasteiger partial charge < -0.3 is 10.6 Å². The van der Waals surface area contributed by atoms with Crippen LogP contribution in [-0.2, 0) is 23.1 Å². The highest BCUT2D eigenvalue weighted by Crippen LogP contribution is 2.22. The molecule has 3 rings (SSSR count). The zero-order valence-corrected chi connectivity index (χ0v) is 19.4. The SMILES string of the molecule is CN=C(NCc1ccc(S(=O)(=O)NC2CC2)cc1)NCc1cccc(Cl)c1.I. The highest BCUT2D eigenvalue weighted by atomic mass is 127. The van der Waals surface area contributed by atoms with Crippen molar-refractivity contribution in [1.29, 1.82) is 0 Å². The molecule has 1 saturated carbocycles. The number of guanidine groups is 1. The maximum Gasteiger partial charge on any atom is 0.240 e. The second kappa shape index (κ2) is 10.4. The van der Waals surface area contributed by atoms with Crippen LogP contribution in [0.1, 0.15) is 24.0 Å². The Hall–Kier alpha value is -1.36. The molecule has 1 aliphatic rings. The van der Waals surface area contributed by atoms with E-state index >= 15 is 0 Å². The molecule has 0 atom stereocenters. The van der Waals surface area contributed by atoms with Crippen LogP contribution in [0.5, 0.6) is 0 Å². The first-order valence-electron chi connectivity index (χ1n) is 8.76. The third kappa shape index (κ3) is 6.91. The van der Waals surface area contributed by atoms with E-state index in [1.807, 2.05) is 24.3 Å². The van der Waals surface area contributed by atoms with Crippen molar-refractivity contribution in [3.05, 3.63) is 64.7 Å². The predicted molar refractivity (Wildman–Crippen MR) is 124 cm³/mol. The van der Waals surface area contributed by atoms with Crippen LogP contribution in [0.3, 0.4) is 0 Å². The predicted octanol–water partition coefficient (Wildman–Crippen LogP) is 3.26. The van der Waals surface area contributed by atoms with Gasteiger partial charge in [0.25, 0.3) is 0 Å². The van der Waals surface area contributed by atoms with E-state index in [0.717, 1.165) is 24.0 Å². The zero-order chi connectivity index (χ0) is 19.3. The fourth-order valence-corrected chi connectivity index (χ4v) is 4.03. The fourth-order valence-electron chi connectivity index (χ4n) is 2.51. The Morgan fingerprint density at radius 3 is 2.29 bits per heavy atom. The van der Waals surface area contributed by atoms with Crippen LogP contribution in [0, 0.1) is 0 Å². The van der Waals surface area contributed by atoms with E-state index in [9.17, 15) is 8.42 Å². The fraction of sp³-hybridized carbons (Fsp3) is 0.316. The summed E-state index contributed by atoms with van der Waals surface area (Å²) < 4.78 is 27.0. The topological polar surface area (TPSA) is 82.6 Å². The van der Waals surface area contributed by atoms with Crippen LogP contribution < -0.4 is 15.4 Å². The number of nitrogens with one attached hydrogen (secondary N) is 3. The summed E-state index contributed by atoms with van der Waals surface area (Å²) in [6.45, 7) is 1.13. The van der Waals surface area contributed by atoms with Gasteiger partial charge in [-0.1, -0.05) is 35.9 Å². The largest absolute Gasteiger partial charge is 0.352 e. The highest BCUT2D eigenvalue weighted by molar-refractivity contribution is 14.0. The number of hydrogen-bond acceptors (Lipinski definition) is 3. The van der Waals surface area contributed by atoms with Gasteiger partial charge in [-0.2, -0.15) is 0 Å². The second-order valence-corrected chi connectivity index (χ2v) is 8.60. The Kier molecular flexibility index (Phi) is 8.54. The summed E-state index contributed by atoms with van der Waals surface area (Å²) in [7, 11) is -1.71. The number of nitrogens with zero attached hydrogens (tertiary/aromatic N) is 1. The Morgan fingerprint density at radius 2 is 1.71 bits per heavy atom. The van der Waals surface area contributed by atoms with Gasteiger partial charge in [0.15, 0.2) is 5.96 Å². The molecule has 0 aliphatic heterocycles. The number of hydrogen-bond donors (Lipinski definition) is 3. The van der Waals surface area contributed by atoms with E-state index in [4.69, 9.17) is 11.6 Å². The Morgan fingerprint density at radius 1 is 1.07 bits per heavy atom. The molecule has 0 aromatic heterocycles. The van der Waals surface area contributed by atoms with Crippen molar-refractivity contribution in [2.75, 3.05) is 7.05 Å². The van der Waals surface area contributed by atoms with Crippen LogP contribution in [0.15, 0.2) is 58.4 Å². The van der Waals surface area contributed by atoms with E-state index in [1.165, 1.54) is 0 Å². The molecule has 0 unspecified atom stereocenters. The molecule has 152 valence electrons. The lowest BCUT2D eigenvalue weighted by Gasteiger charge is -2.12. The van der Waals surface area contributed by atoms with Crippen molar-refractivity contribution in [3.63, 3.8) is 0 Å². The average Bonchev–Trinajstić information content (AvgIpc) is 3.45. The first-order valence-corrected chi connectivity index (χ1v) is 10.6. The van der Waals surface area contributed by atoms with Gasteiger partial charge in [0.1, 0.15) is 0 Å². The second-order valence-electron chi connectivity index (χ2n) is 6.45. The lowest BCUT2D eigenvalue weighted by atomic mass is 10.2. The molecule has 2 aromatic carbocycles. The summed E-state index contributed by atoms with van der Waals surface area (Å²) in [6.07, 6.45) is 1.84. The van der Waals surface area contributed by atoms with Gasteiger partial charge >= 0.3 is 0 Å². The normalized spacial score (nSPS) is 14.3. The number of sulfonamides is 1. The van der Waals surface area contributed by atoms with E-state index < -0.39 is 10.0 Å². The molecular weight excluding hydrogens is 511 g/mol. The Bertz CT molecular complexity index is 916. The molecule has 0 saturated heterocycles. The van der Waals surface area contributed by atoms with Crippen LogP contribution in [-0.4, -0.2) is 27.5 Å². The van der Waals surface area contributed by atoms with E-state index in [1.54, 1.807) is 31.3 Å². The minimum Gasteiger partial charge on any atom is -0.352 e. The van der Waals surface area contributed by atoms with Crippen molar-refractivity contribution in [2.45, 2.75) is 36.9 Å². The maximum absolute atomic E-state index is 12.2. The quantitative estimate of drug-likeness (QED) is 0.289. The zero-order valence-electron chi connectivity index (χ0n) is 15.5. The minimum atomic E-state index is -3.41. The molecule has 0 radical (unpaired) electrons. The summed E-state index contributed by atoms with van der Waals surface area (Å²) in [5.74, 6) is 0.655. The summed E-state index contributed by atoms with van der Waals surface area (Å²) in [5, 5.41) is 7.13. The monoisotopic (exact) mass is 534 g/mol. The van der Waals surface area contributed by atoms with Gasteiger partial charge in [-0.15, -0.1) is 24.0 Å². The molecule has 6 nitrogen and oxygen atoms in total. The Labute approximate surface area is 188 Å². The van der Waals surface area contributed by atoms with Crippen molar-refractivity contribution >= 4 is 51.6 Å². The number of benzene rings is 2. The minimum absolute atomic E-state index is 0.